The fourth-order valence-electron chi connectivity index (χ4n) is 3.51. The van der Waals surface area contributed by atoms with Crippen molar-refractivity contribution < 1.29 is 13.2 Å². The molecule has 0 bridgehead atoms. The van der Waals surface area contributed by atoms with E-state index in [2.05, 4.69) is 11.3 Å². The van der Waals surface area contributed by atoms with E-state index >= 15 is 0 Å². The highest BCUT2D eigenvalue weighted by molar-refractivity contribution is 7.90. The number of sulfonamides is 1. The van der Waals surface area contributed by atoms with Crippen molar-refractivity contribution in [2.45, 2.75) is 37.2 Å². The van der Waals surface area contributed by atoms with E-state index in [1.54, 1.807) is 26.8 Å². The van der Waals surface area contributed by atoms with E-state index in [4.69, 9.17) is 4.74 Å². The summed E-state index contributed by atoms with van der Waals surface area (Å²) in [4.78, 5) is 0. The maximum atomic E-state index is 12.7. The molecule has 3 rings (SSSR count). The fourth-order valence-corrected chi connectivity index (χ4v) is 4.43. The molecule has 5 heteroatoms. The standard InChI is InChI=1S/C27H31NO3S/c1-5-25(28-32(29,30)26(2,3)4)21-31-27(22-15-9-6-10-16-22,23-17-11-7-12-18-23)24-19-13-8-14-20-24/h5-20,25,28H,1,21H2,2-4H3/t25-/m0/s1. The van der Waals surface area contributed by atoms with E-state index in [9.17, 15) is 8.42 Å². The smallest absolute Gasteiger partial charge is 0.217 e. The van der Waals surface area contributed by atoms with Gasteiger partial charge in [0.2, 0.25) is 10.0 Å². The molecule has 0 fully saturated rings. The van der Waals surface area contributed by atoms with Crippen LogP contribution in [0.3, 0.4) is 0 Å². The average Bonchev–Trinajstić information content (AvgIpc) is 2.80. The topological polar surface area (TPSA) is 55.4 Å². The molecular weight excluding hydrogens is 418 g/mol. The number of benzene rings is 3. The van der Waals surface area contributed by atoms with Gasteiger partial charge in [0.1, 0.15) is 5.60 Å². The van der Waals surface area contributed by atoms with E-state index in [0.29, 0.717) is 0 Å². The third-order valence-electron chi connectivity index (χ3n) is 5.42. The number of ether oxygens (including phenoxy) is 1. The molecule has 0 spiro atoms. The molecule has 0 unspecified atom stereocenters. The Kier molecular flexibility index (Phi) is 7.34. The Labute approximate surface area is 192 Å². The van der Waals surface area contributed by atoms with E-state index in [1.807, 2.05) is 91.0 Å². The van der Waals surface area contributed by atoms with Crippen LogP contribution >= 0.6 is 0 Å². The minimum Gasteiger partial charge on any atom is -0.359 e. The third kappa shape index (κ3) is 5.01. The number of nitrogens with one attached hydrogen (secondary N) is 1. The molecule has 0 aromatic heterocycles. The van der Waals surface area contributed by atoms with Crippen molar-refractivity contribution in [2.75, 3.05) is 6.61 Å². The fraction of sp³-hybridized carbons (Fsp3) is 0.259. The lowest BCUT2D eigenvalue weighted by Crippen LogP contribution is -2.47. The van der Waals surface area contributed by atoms with Crippen molar-refractivity contribution in [1.82, 2.24) is 4.72 Å². The first kappa shape index (κ1) is 23.9. The molecule has 3 aromatic rings. The van der Waals surface area contributed by atoms with E-state index in [0.717, 1.165) is 16.7 Å². The van der Waals surface area contributed by atoms with Gasteiger partial charge in [0, 0.05) is 0 Å². The van der Waals surface area contributed by atoms with Gasteiger partial charge in [-0.15, -0.1) is 6.58 Å². The first-order chi connectivity index (χ1) is 15.2. The lowest BCUT2D eigenvalue weighted by atomic mass is 9.80. The summed E-state index contributed by atoms with van der Waals surface area (Å²) in [5.41, 5.74) is 1.95. The van der Waals surface area contributed by atoms with Gasteiger partial charge in [-0.25, -0.2) is 13.1 Å². The molecular formula is C27H31NO3S. The Bertz CT molecular complexity index is 1010. The molecule has 32 heavy (non-hydrogen) atoms. The molecule has 0 saturated carbocycles. The average molecular weight is 450 g/mol. The zero-order chi connectivity index (χ0) is 23.2. The Morgan fingerprint density at radius 2 is 1.19 bits per heavy atom. The second-order valence-corrected chi connectivity index (χ2v) is 11.1. The number of rotatable bonds is 9. The van der Waals surface area contributed by atoms with Crippen LogP contribution < -0.4 is 4.72 Å². The second-order valence-electron chi connectivity index (χ2n) is 8.67. The quantitative estimate of drug-likeness (QED) is 0.358. The van der Waals surface area contributed by atoms with Crippen LogP contribution in [-0.2, 0) is 20.4 Å². The van der Waals surface area contributed by atoms with Crippen LogP contribution in [-0.4, -0.2) is 25.8 Å². The minimum atomic E-state index is -3.57. The Morgan fingerprint density at radius 1 is 0.812 bits per heavy atom. The van der Waals surface area contributed by atoms with Gasteiger partial charge in [-0.05, 0) is 37.5 Å². The SMILES string of the molecule is C=C[C@@H](COC(c1ccccc1)(c1ccccc1)c1ccccc1)NS(=O)(=O)C(C)(C)C. The van der Waals surface area contributed by atoms with Crippen LogP contribution in [0.1, 0.15) is 37.5 Å². The molecule has 1 atom stereocenters. The molecule has 4 nitrogen and oxygen atoms in total. The Morgan fingerprint density at radius 3 is 1.50 bits per heavy atom. The highest BCUT2D eigenvalue weighted by atomic mass is 32.2. The molecule has 0 heterocycles. The summed E-state index contributed by atoms with van der Waals surface area (Å²) in [6.07, 6.45) is 1.58. The zero-order valence-electron chi connectivity index (χ0n) is 18.9. The van der Waals surface area contributed by atoms with Gasteiger partial charge in [-0.1, -0.05) is 97.1 Å². The monoisotopic (exact) mass is 449 g/mol. The maximum absolute atomic E-state index is 12.7. The first-order valence-electron chi connectivity index (χ1n) is 10.7. The largest absolute Gasteiger partial charge is 0.359 e. The van der Waals surface area contributed by atoms with Crippen LogP contribution in [0.4, 0.5) is 0 Å². The van der Waals surface area contributed by atoms with Crippen molar-refractivity contribution in [3.8, 4) is 0 Å². The lowest BCUT2D eigenvalue weighted by molar-refractivity contribution is 0.00847. The molecule has 1 N–H and O–H groups in total. The third-order valence-corrected chi connectivity index (χ3v) is 7.64. The van der Waals surface area contributed by atoms with Gasteiger partial charge >= 0.3 is 0 Å². The van der Waals surface area contributed by atoms with E-state index < -0.39 is 26.4 Å². The van der Waals surface area contributed by atoms with Gasteiger partial charge in [0.15, 0.2) is 0 Å². The normalized spacial score (nSPS) is 13.5. The van der Waals surface area contributed by atoms with Crippen molar-refractivity contribution in [2.24, 2.45) is 0 Å². The maximum Gasteiger partial charge on any atom is 0.217 e. The molecule has 0 aliphatic heterocycles. The van der Waals surface area contributed by atoms with Gasteiger partial charge in [-0.2, -0.15) is 0 Å². The first-order valence-corrected chi connectivity index (χ1v) is 12.1. The summed E-state index contributed by atoms with van der Waals surface area (Å²) >= 11 is 0. The highest BCUT2D eigenvalue weighted by Gasteiger charge is 2.38. The summed E-state index contributed by atoms with van der Waals surface area (Å²) in [6.45, 7) is 8.94. The van der Waals surface area contributed by atoms with Crippen LogP contribution in [0.25, 0.3) is 0 Å². The summed E-state index contributed by atoms with van der Waals surface area (Å²) in [5.74, 6) is 0. The predicted molar refractivity (Wildman–Crippen MR) is 131 cm³/mol. The van der Waals surface area contributed by atoms with Crippen LogP contribution in [0.5, 0.6) is 0 Å². The van der Waals surface area contributed by atoms with Crippen LogP contribution in [0.2, 0.25) is 0 Å². The molecule has 0 aliphatic rings. The van der Waals surface area contributed by atoms with E-state index in [1.165, 1.54) is 0 Å². The van der Waals surface area contributed by atoms with Crippen molar-refractivity contribution in [3.63, 3.8) is 0 Å². The molecule has 0 radical (unpaired) electrons. The molecule has 168 valence electrons. The van der Waals surface area contributed by atoms with Crippen molar-refractivity contribution in [1.29, 1.82) is 0 Å². The lowest BCUT2D eigenvalue weighted by Gasteiger charge is -2.37. The van der Waals surface area contributed by atoms with Crippen molar-refractivity contribution >= 4 is 10.0 Å². The minimum absolute atomic E-state index is 0.109. The van der Waals surface area contributed by atoms with Gasteiger partial charge in [0.25, 0.3) is 0 Å². The molecule has 0 saturated heterocycles. The second kappa shape index (κ2) is 9.82. The van der Waals surface area contributed by atoms with Crippen molar-refractivity contribution in [3.05, 3.63) is 120 Å². The Balaban J connectivity index is 2.08. The van der Waals surface area contributed by atoms with E-state index in [-0.39, 0.29) is 6.61 Å². The number of hydrogen-bond acceptors (Lipinski definition) is 3. The molecule has 0 amide bonds. The summed E-state index contributed by atoms with van der Waals surface area (Å²) in [6, 6.07) is 29.4. The highest BCUT2D eigenvalue weighted by Crippen LogP contribution is 2.40. The molecule has 3 aromatic carbocycles. The summed E-state index contributed by atoms with van der Waals surface area (Å²) in [7, 11) is -3.57. The Hall–Kier alpha value is -2.73. The molecule has 0 aliphatic carbocycles. The summed E-state index contributed by atoms with van der Waals surface area (Å²) in [5, 5.41) is 0. The van der Waals surface area contributed by atoms with Gasteiger partial charge in [-0.3, -0.25) is 0 Å². The van der Waals surface area contributed by atoms with Crippen LogP contribution in [0.15, 0.2) is 104 Å². The predicted octanol–water partition coefficient (Wildman–Crippen LogP) is 5.27. The summed E-state index contributed by atoms with van der Waals surface area (Å²) < 4.78 is 34.0. The van der Waals surface area contributed by atoms with Gasteiger partial charge in [0.05, 0.1) is 17.4 Å². The zero-order valence-corrected chi connectivity index (χ0v) is 19.7. The van der Waals surface area contributed by atoms with Crippen LogP contribution in [0, 0.1) is 0 Å². The van der Waals surface area contributed by atoms with Gasteiger partial charge < -0.3 is 4.74 Å². The number of hydrogen-bond donors (Lipinski definition) is 1.